The molecule has 0 aromatic heterocycles. The van der Waals surface area contributed by atoms with Crippen molar-refractivity contribution in [3.05, 3.63) is 0 Å². The number of ketones is 1. The van der Waals surface area contributed by atoms with Gasteiger partial charge in [-0.1, -0.05) is 0 Å². The van der Waals surface area contributed by atoms with Gasteiger partial charge in [0.1, 0.15) is 5.97 Å². The van der Waals surface area contributed by atoms with Crippen molar-refractivity contribution in [2.24, 2.45) is 0 Å². The summed E-state index contributed by atoms with van der Waals surface area (Å²) in [4.78, 5) is 29.5. The molecule has 0 aromatic carbocycles. The molecular formula is C5H9NaO7. The third-order valence-corrected chi connectivity index (χ3v) is 0.794. The van der Waals surface area contributed by atoms with Gasteiger partial charge in [-0.25, -0.2) is 0 Å². The largest absolute Gasteiger partial charge is 1.00 e. The third kappa shape index (κ3) is 14.4. The van der Waals surface area contributed by atoms with Crippen LogP contribution in [0.1, 0.15) is 12.8 Å². The van der Waals surface area contributed by atoms with Crippen LogP contribution >= 0.6 is 0 Å². The number of carbonyl (C=O) groups is 3. The Morgan fingerprint density at radius 1 is 1.08 bits per heavy atom. The molecule has 7 nitrogen and oxygen atoms in total. The molecule has 0 bridgehead atoms. The summed E-state index contributed by atoms with van der Waals surface area (Å²) >= 11 is 0. The van der Waals surface area contributed by atoms with Gasteiger partial charge in [0.2, 0.25) is 0 Å². The van der Waals surface area contributed by atoms with Crippen molar-refractivity contribution < 1.29 is 65.1 Å². The first kappa shape index (κ1) is 22.9. The standard InChI is InChI=1S/C5H6O5.Na.2H2O/c6-3(5(9)10)1-2-4(7)8;;;/h1-2H2,(H,7,8)(H,9,10);;2*1H2/q;+1;;/p-1. The molecule has 0 atom stereocenters. The quantitative estimate of drug-likeness (QED) is 0.355. The minimum Gasteiger partial charge on any atom is -0.542 e. The Morgan fingerprint density at radius 3 is 1.69 bits per heavy atom. The van der Waals surface area contributed by atoms with Crippen molar-refractivity contribution in [1.82, 2.24) is 0 Å². The molecule has 0 aromatic rings. The summed E-state index contributed by atoms with van der Waals surface area (Å²) in [7, 11) is 0. The zero-order valence-electron chi connectivity index (χ0n) is 6.99. The molecule has 8 heteroatoms. The summed E-state index contributed by atoms with van der Waals surface area (Å²) in [6, 6.07) is 0. The summed E-state index contributed by atoms with van der Waals surface area (Å²) in [6.45, 7) is 0. The number of aliphatic carboxylic acids is 2. The zero-order chi connectivity index (χ0) is 8.15. The van der Waals surface area contributed by atoms with Crippen LogP contribution in [0.15, 0.2) is 0 Å². The van der Waals surface area contributed by atoms with Crippen LogP contribution in [0, 0.1) is 0 Å². The van der Waals surface area contributed by atoms with E-state index in [1.54, 1.807) is 0 Å². The molecule has 0 saturated heterocycles. The average Bonchev–Trinajstić information content (AvgIpc) is 1.82. The van der Waals surface area contributed by atoms with Crippen molar-refractivity contribution in [2.75, 3.05) is 0 Å². The minimum atomic E-state index is -1.83. The Hall–Kier alpha value is -0.470. The van der Waals surface area contributed by atoms with Gasteiger partial charge < -0.3 is 26.0 Å². The average molecular weight is 204 g/mol. The van der Waals surface area contributed by atoms with Crippen LogP contribution in [0.25, 0.3) is 0 Å². The van der Waals surface area contributed by atoms with E-state index in [1.807, 2.05) is 0 Å². The molecule has 0 aliphatic rings. The molecule has 13 heavy (non-hydrogen) atoms. The summed E-state index contributed by atoms with van der Waals surface area (Å²) < 4.78 is 0. The van der Waals surface area contributed by atoms with Crippen LogP contribution in [-0.2, 0) is 14.4 Å². The first-order valence-electron chi connectivity index (χ1n) is 2.50. The van der Waals surface area contributed by atoms with E-state index >= 15 is 0 Å². The van der Waals surface area contributed by atoms with Crippen molar-refractivity contribution in [2.45, 2.75) is 12.8 Å². The molecule has 0 heterocycles. The number of hydrogen-bond acceptors (Lipinski definition) is 4. The molecule has 0 radical (unpaired) electrons. The third-order valence-electron chi connectivity index (χ3n) is 0.794. The number of carboxylic acid groups (broad SMARTS) is 2. The second kappa shape index (κ2) is 11.5. The van der Waals surface area contributed by atoms with Crippen molar-refractivity contribution >= 4 is 17.7 Å². The molecule has 0 aliphatic heterocycles. The van der Waals surface area contributed by atoms with Crippen molar-refractivity contribution in [3.63, 3.8) is 0 Å². The normalized spacial score (nSPS) is 6.77. The topological polar surface area (TPSA) is 158 Å². The van der Waals surface area contributed by atoms with E-state index in [0.29, 0.717) is 0 Å². The minimum absolute atomic E-state index is 0. The molecule has 0 unspecified atom stereocenters. The number of carboxylic acids is 2. The first-order valence-corrected chi connectivity index (χ1v) is 2.50. The molecule has 5 N–H and O–H groups in total. The zero-order valence-corrected chi connectivity index (χ0v) is 8.99. The van der Waals surface area contributed by atoms with Gasteiger partial charge in [0, 0.05) is 6.42 Å². The van der Waals surface area contributed by atoms with Gasteiger partial charge >= 0.3 is 35.5 Å². The van der Waals surface area contributed by atoms with E-state index in [2.05, 4.69) is 0 Å². The monoisotopic (exact) mass is 204 g/mol. The fraction of sp³-hybridized carbons (Fsp3) is 0.400. The van der Waals surface area contributed by atoms with Crippen LogP contribution in [0.4, 0.5) is 0 Å². The summed E-state index contributed by atoms with van der Waals surface area (Å²) in [5, 5.41) is 17.6. The van der Waals surface area contributed by atoms with Crippen molar-refractivity contribution in [1.29, 1.82) is 0 Å². The van der Waals surface area contributed by atoms with Crippen molar-refractivity contribution in [3.8, 4) is 0 Å². The van der Waals surface area contributed by atoms with Crippen LogP contribution < -0.4 is 34.7 Å². The van der Waals surface area contributed by atoms with E-state index in [1.165, 1.54) is 0 Å². The summed E-state index contributed by atoms with van der Waals surface area (Å²) in [6.07, 6.45) is -0.968. The summed E-state index contributed by atoms with van der Waals surface area (Å²) in [5.74, 6) is -4.21. The van der Waals surface area contributed by atoms with Crippen LogP contribution in [0.5, 0.6) is 0 Å². The van der Waals surface area contributed by atoms with Crippen LogP contribution in [0.3, 0.4) is 0 Å². The second-order valence-electron chi connectivity index (χ2n) is 1.60. The molecule has 0 rings (SSSR count). The number of hydrogen-bond donors (Lipinski definition) is 1. The molecule has 0 amide bonds. The molecule has 0 aliphatic carbocycles. The van der Waals surface area contributed by atoms with Crippen LogP contribution in [0.2, 0.25) is 0 Å². The Kier molecular flexibility index (Phi) is 20.3. The molecule has 72 valence electrons. The predicted molar refractivity (Wildman–Crippen MR) is 34.1 cm³/mol. The van der Waals surface area contributed by atoms with Gasteiger partial charge in [0.15, 0.2) is 5.78 Å². The van der Waals surface area contributed by atoms with Gasteiger partial charge in [-0.3, -0.25) is 9.59 Å². The smallest absolute Gasteiger partial charge is 0.542 e. The Morgan fingerprint density at radius 2 is 1.46 bits per heavy atom. The van der Waals surface area contributed by atoms with E-state index in [9.17, 15) is 19.5 Å². The van der Waals surface area contributed by atoms with Gasteiger partial charge in [0.05, 0.1) is 6.42 Å². The fourth-order valence-electron chi connectivity index (χ4n) is 0.323. The summed E-state index contributed by atoms with van der Waals surface area (Å²) in [5.41, 5.74) is 0. The predicted octanol–water partition coefficient (Wildman–Crippen LogP) is -6.48. The maximum absolute atomic E-state index is 10.1. The van der Waals surface area contributed by atoms with Gasteiger partial charge in [-0.05, 0) is 0 Å². The Bertz CT molecular complexity index is 178. The Labute approximate surface area is 95.6 Å². The Balaban J connectivity index is -0.000000135. The van der Waals surface area contributed by atoms with E-state index in [0.717, 1.165) is 0 Å². The second-order valence-corrected chi connectivity index (χ2v) is 1.60. The van der Waals surface area contributed by atoms with Gasteiger partial charge in [-0.15, -0.1) is 0 Å². The first-order chi connectivity index (χ1) is 4.54. The SMILES string of the molecule is O.O.O=C(O)CCC(=O)C(=O)[O-].[Na+]. The molecule has 0 saturated carbocycles. The van der Waals surface area contributed by atoms with Crippen LogP contribution in [-0.4, -0.2) is 33.8 Å². The number of rotatable bonds is 4. The van der Waals surface area contributed by atoms with E-state index < -0.39 is 30.6 Å². The number of Topliss-reactive ketones (excluding diaryl/α,β-unsaturated/α-hetero) is 1. The molecule has 0 fully saturated rings. The van der Waals surface area contributed by atoms with E-state index in [-0.39, 0.29) is 40.5 Å². The molecule has 0 spiro atoms. The number of carbonyl (C=O) groups excluding carboxylic acids is 2. The molecular weight excluding hydrogens is 195 g/mol. The maximum atomic E-state index is 10.1. The maximum Gasteiger partial charge on any atom is 1.00 e. The fourth-order valence-corrected chi connectivity index (χ4v) is 0.323. The van der Waals surface area contributed by atoms with Gasteiger partial charge in [0.25, 0.3) is 0 Å². The van der Waals surface area contributed by atoms with E-state index in [4.69, 9.17) is 5.11 Å². The van der Waals surface area contributed by atoms with Gasteiger partial charge in [-0.2, -0.15) is 0 Å².